The number of nitrogens with zero attached hydrogens (tertiary/aromatic N) is 7. The first-order valence-corrected chi connectivity index (χ1v) is 33.6. The number of hydrogen-bond donors (Lipinski definition) is 3. The second-order valence-electron chi connectivity index (χ2n) is 21.6. The number of nitrogens with one attached hydrogen (secondary N) is 1. The van der Waals surface area contributed by atoms with Crippen LogP contribution in [0.1, 0.15) is 65.5 Å². The lowest BCUT2D eigenvalue weighted by Gasteiger charge is -2.48. The Labute approximate surface area is 472 Å². The van der Waals surface area contributed by atoms with Crippen molar-refractivity contribution in [1.29, 1.82) is 0 Å². The first-order valence-electron chi connectivity index (χ1n) is 25.5. The van der Waals surface area contributed by atoms with Gasteiger partial charge in [0, 0.05) is 75.5 Å². The number of hydrogen-bond acceptors (Lipinski definition) is 18. The number of aliphatic hydroxyl groups excluding tert-OH is 1. The highest BCUT2D eigenvalue weighted by atomic mass is 32.2. The number of carboxylic acid groups (broad SMARTS) is 1. The molecule has 10 heterocycles. The number of β-lactam (4-membered cyclic amide) rings is 2. The van der Waals surface area contributed by atoms with Gasteiger partial charge in [-0.1, -0.05) is 68.3 Å². The Hall–Kier alpha value is -3.85. The Kier molecular flexibility index (Phi) is 18.0. The van der Waals surface area contributed by atoms with E-state index in [9.17, 15) is 29.4 Å². The Morgan fingerprint density at radius 3 is 1.67 bits per heavy atom. The Balaban J connectivity index is 0.000000166. The molecular weight excluding hydrogens is 1100 g/mol. The lowest BCUT2D eigenvalue weighted by molar-refractivity contribution is -0.163. The highest BCUT2D eigenvalue weighted by Crippen LogP contribution is 2.54. The number of ether oxygens (including phenoxy) is 1. The summed E-state index contributed by atoms with van der Waals surface area (Å²) < 4.78 is 14.2. The van der Waals surface area contributed by atoms with Gasteiger partial charge in [0.2, 0.25) is 11.8 Å². The van der Waals surface area contributed by atoms with E-state index in [0.29, 0.717) is 28.7 Å². The Morgan fingerprint density at radius 1 is 0.789 bits per heavy atom. The summed E-state index contributed by atoms with van der Waals surface area (Å²) in [5.74, 6) is -2.98. The van der Waals surface area contributed by atoms with Crippen molar-refractivity contribution in [2.24, 2.45) is 23.7 Å². The van der Waals surface area contributed by atoms with Crippen LogP contribution in [0.15, 0.2) is 76.9 Å². The van der Waals surface area contributed by atoms with Crippen molar-refractivity contribution in [3.8, 4) is 0 Å². The van der Waals surface area contributed by atoms with E-state index in [2.05, 4.69) is 124 Å². The summed E-state index contributed by atoms with van der Waals surface area (Å²) in [5, 5.41) is 25.8. The maximum Gasteiger partial charge on any atom is 0.356 e. The van der Waals surface area contributed by atoms with Gasteiger partial charge in [-0.25, -0.2) is 19.6 Å². The molecular formula is C53H70N8O8S6Si. The van der Waals surface area contributed by atoms with Gasteiger partial charge in [-0.05, 0) is 104 Å². The molecule has 3 aromatic rings. The molecule has 16 nitrogen and oxygen atoms in total. The number of likely N-dealkylation sites (N-methyl/N-ethyl adjacent to an activating group) is 3. The van der Waals surface area contributed by atoms with Crippen LogP contribution in [0.2, 0.25) is 19.6 Å². The quantitative estimate of drug-likeness (QED) is 0.0430. The fourth-order valence-corrected chi connectivity index (χ4v) is 17.2. The number of aliphatic hydroxyl groups is 1. The van der Waals surface area contributed by atoms with Gasteiger partial charge in [0.15, 0.2) is 21.0 Å². The second kappa shape index (κ2) is 23.5. The third kappa shape index (κ3) is 11.9. The third-order valence-electron chi connectivity index (χ3n) is 15.0. The number of rotatable bonds is 15. The van der Waals surface area contributed by atoms with Crippen molar-refractivity contribution in [3.63, 3.8) is 0 Å². The standard InChI is InChI=1S/C25H35N3O4S2Si.C19H23N3O4S2.C9H12N2S2/c1-9-10-31-24(30)21-22(34-25-26-18(13-33-25)17-11-14(2)27(5)12-17)15(3)20-19(23(29)28(20)21)16(4)32-35(6,7)8;1-8-5-11(6-21(8)4)12-7-27-19(20-12)28-16-9(2)14-13(10(3)23)17(24)22(14)15(16)18(25)26;1-6-3-7(4-11(6)2)8-5-13-9(12)10-8/h9,11,13-16,19-20H,1,10,12H2,2-8H3;5,7-10,13-14,23H,6H2,1-4H3,(H,25,26);3,5-6H,4H2,1-2H3,(H,10,12)/t14-,15+,16+,19+,20+;8-,9+,10+,13+,14+;6-/m000/s1. The maximum atomic E-state index is 13.3. The molecule has 0 radical (unpaired) electrons. The first kappa shape index (κ1) is 58.3. The molecule has 7 aliphatic heterocycles. The number of carbonyl (C=O) groups is 4. The average Bonchev–Trinajstić information content (AvgIpc) is 4.27. The summed E-state index contributed by atoms with van der Waals surface area (Å²) in [4.78, 5) is 74.7. The molecule has 0 bridgehead atoms. The second-order valence-corrected chi connectivity index (χ2v) is 31.9. The van der Waals surface area contributed by atoms with E-state index in [0.717, 1.165) is 48.6 Å². The van der Waals surface area contributed by atoms with Crippen LogP contribution in [0.3, 0.4) is 0 Å². The molecule has 0 unspecified atom stereocenters. The highest BCUT2D eigenvalue weighted by Gasteiger charge is 2.62. The normalized spacial score (nSPS) is 28.2. The van der Waals surface area contributed by atoms with Gasteiger partial charge in [-0.2, -0.15) is 0 Å². The number of esters is 1. The number of thiazole rings is 3. The van der Waals surface area contributed by atoms with Gasteiger partial charge in [-0.15, -0.1) is 34.0 Å². The minimum absolute atomic E-state index is 0.0223. The molecule has 410 valence electrons. The van der Waals surface area contributed by atoms with E-state index < -0.39 is 32.3 Å². The largest absolute Gasteiger partial charge is 0.477 e. The highest BCUT2D eigenvalue weighted by molar-refractivity contribution is 8.05. The van der Waals surface area contributed by atoms with Crippen LogP contribution in [0.4, 0.5) is 0 Å². The summed E-state index contributed by atoms with van der Waals surface area (Å²) in [6, 6.07) is 0.882. The third-order valence-corrected chi connectivity index (χ3v) is 21.6. The number of aliphatic carboxylic acids is 1. The molecule has 2 amide bonds. The van der Waals surface area contributed by atoms with Crippen molar-refractivity contribution < 1.29 is 38.6 Å². The van der Waals surface area contributed by atoms with Crippen LogP contribution < -0.4 is 0 Å². The summed E-state index contributed by atoms with van der Waals surface area (Å²) in [6.45, 7) is 26.9. The molecule has 23 heteroatoms. The Morgan fingerprint density at radius 2 is 1.25 bits per heavy atom. The zero-order chi connectivity index (χ0) is 55.4. The van der Waals surface area contributed by atoms with E-state index in [4.69, 9.17) is 31.3 Å². The van der Waals surface area contributed by atoms with Crippen molar-refractivity contribution in [1.82, 2.24) is 39.5 Å². The molecule has 3 N–H and O–H groups in total. The van der Waals surface area contributed by atoms with Crippen molar-refractivity contribution in [2.75, 3.05) is 47.4 Å². The van der Waals surface area contributed by atoms with E-state index in [1.807, 2.05) is 19.2 Å². The number of aromatic amines is 1. The van der Waals surface area contributed by atoms with Gasteiger partial charge < -0.3 is 34.2 Å². The van der Waals surface area contributed by atoms with Crippen molar-refractivity contribution in [2.45, 2.75) is 119 Å². The van der Waals surface area contributed by atoms with Gasteiger partial charge in [-0.3, -0.25) is 24.3 Å². The number of carboxylic acids is 1. The molecule has 0 spiro atoms. The van der Waals surface area contributed by atoms with Gasteiger partial charge >= 0.3 is 11.9 Å². The Bertz CT molecular complexity index is 2990. The summed E-state index contributed by atoms with van der Waals surface area (Å²) in [7, 11) is 4.48. The van der Waals surface area contributed by atoms with E-state index in [1.54, 1.807) is 34.5 Å². The SMILES string of the molecule is C=CCOC(=O)C1=C(Sc2nc(C3=C[C@H](C)N(C)C3)cs2)[C@H](C)[C@@H]2[C@@H]([C@@H](C)O[Si](C)(C)C)C(=O)N12.C[C@@H](O)[C@H]1C(=O)N2C(C(=O)O)=C(Sc3nc(C4=C[C@H](C)N(C)C4)cs3)[C@H](C)[C@H]12.C[C@H]1C=C(c2csc(=S)[nH]2)CN1C. The van der Waals surface area contributed by atoms with Crippen LogP contribution in [0, 0.1) is 27.6 Å². The fraction of sp³-hybridized carbons (Fsp3) is 0.528. The smallest absolute Gasteiger partial charge is 0.356 e. The molecule has 3 aromatic heterocycles. The number of fused-ring (bicyclic) bond motifs is 2. The average molecular weight is 1170 g/mol. The number of amides is 2. The van der Waals surface area contributed by atoms with Crippen LogP contribution >= 0.6 is 69.8 Å². The topological polar surface area (TPSA) is 185 Å². The van der Waals surface area contributed by atoms with Crippen molar-refractivity contribution >= 4 is 119 Å². The first-order chi connectivity index (χ1) is 35.8. The summed E-state index contributed by atoms with van der Waals surface area (Å²) >= 11 is 12.5. The number of thioether (sulfide) groups is 2. The van der Waals surface area contributed by atoms with Crippen LogP contribution in [0.25, 0.3) is 16.7 Å². The molecule has 0 saturated carbocycles. The molecule has 10 rings (SSSR count). The number of H-pyrrole nitrogens is 1. The monoisotopic (exact) mass is 1170 g/mol. The number of carbonyl (C=O) groups excluding carboxylic acids is 3. The molecule has 76 heavy (non-hydrogen) atoms. The van der Waals surface area contributed by atoms with E-state index in [1.165, 1.54) is 68.2 Å². The predicted octanol–water partition coefficient (Wildman–Crippen LogP) is 9.24. The summed E-state index contributed by atoms with van der Waals surface area (Å²) in [6.07, 6.45) is 7.26. The van der Waals surface area contributed by atoms with Gasteiger partial charge in [0.25, 0.3) is 0 Å². The molecule has 7 aliphatic rings. The fourth-order valence-electron chi connectivity index (χ4n) is 10.8. The number of aromatic nitrogens is 3. The lowest BCUT2D eigenvalue weighted by atomic mass is 9.79. The minimum atomic E-state index is -1.82. The van der Waals surface area contributed by atoms with Gasteiger partial charge in [0.1, 0.15) is 18.0 Å². The zero-order valence-corrected chi connectivity index (χ0v) is 51.3. The molecule has 2 fully saturated rings. The maximum absolute atomic E-state index is 13.3. The van der Waals surface area contributed by atoms with Crippen molar-refractivity contribution in [3.05, 3.63) is 89.3 Å². The summed E-state index contributed by atoms with van der Waals surface area (Å²) in [5.41, 5.74) is 7.24. The van der Waals surface area contributed by atoms with Gasteiger partial charge in [0.05, 0.1) is 53.2 Å². The minimum Gasteiger partial charge on any atom is -0.477 e. The van der Waals surface area contributed by atoms with E-state index in [-0.39, 0.29) is 60.1 Å². The van der Waals surface area contributed by atoms with Crippen LogP contribution in [-0.2, 0) is 28.3 Å². The van der Waals surface area contributed by atoms with Crippen LogP contribution in [0.5, 0.6) is 0 Å². The van der Waals surface area contributed by atoms with Crippen LogP contribution in [-0.4, -0.2) is 172 Å². The lowest BCUT2D eigenvalue weighted by Crippen LogP contribution is -2.64. The molecule has 0 aliphatic carbocycles. The van der Waals surface area contributed by atoms with E-state index >= 15 is 0 Å². The molecule has 0 aromatic carbocycles. The molecule has 11 atom stereocenters. The zero-order valence-electron chi connectivity index (χ0n) is 45.4. The predicted molar refractivity (Wildman–Crippen MR) is 311 cm³/mol. The molecule has 2 saturated heterocycles.